The van der Waals surface area contributed by atoms with Crippen molar-refractivity contribution in [3.8, 4) is 0 Å². The molecule has 1 saturated carbocycles. The SMILES string of the molecule is CCc1cncn1C(CN)C1CCCCC1. The molecule has 1 aromatic heterocycles. The largest absolute Gasteiger partial charge is 0.330 e. The van der Waals surface area contributed by atoms with Crippen LogP contribution in [0.15, 0.2) is 12.5 Å². The summed E-state index contributed by atoms with van der Waals surface area (Å²) < 4.78 is 2.32. The highest BCUT2D eigenvalue weighted by Gasteiger charge is 2.24. The second kappa shape index (κ2) is 5.48. The molecule has 0 bridgehead atoms. The number of hydrogen-bond acceptors (Lipinski definition) is 2. The summed E-state index contributed by atoms with van der Waals surface area (Å²) >= 11 is 0. The Kier molecular flexibility index (Phi) is 3.99. The van der Waals surface area contributed by atoms with Crippen molar-refractivity contribution in [2.75, 3.05) is 6.54 Å². The zero-order valence-corrected chi connectivity index (χ0v) is 10.2. The molecule has 0 radical (unpaired) electrons. The van der Waals surface area contributed by atoms with Gasteiger partial charge in [0.2, 0.25) is 0 Å². The molecule has 1 unspecified atom stereocenters. The van der Waals surface area contributed by atoms with E-state index in [1.807, 2.05) is 12.5 Å². The molecule has 3 nitrogen and oxygen atoms in total. The number of nitrogens with zero attached hydrogens (tertiary/aromatic N) is 2. The van der Waals surface area contributed by atoms with Gasteiger partial charge >= 0.3 is 0 Å². The fourth-order valence-electron chi connectivity index (χ4n) is 2.96. The van der Waals surface area contributed by atoms with Gasteiger partial charge in [0.25, 0.3) is 0 Å². The minimum atomic E-state index is 0.470. The molecule has 1 aliphatic carbocycles. The van der Waals surface area contributed by atoms with Crippen molar-refractivity contribution in [1.29, 1.82) is 0 Å². The molecular formula is C13H23N3. The summed E-state index contributed by atoms with van der Waals surface area (Å²) in [4.78, 5) is 4.26. The number of imidazole rings is 1. The Morgan fingerprint density at radius 3 is 2.81 bits per heavy atom. The average Bonchev–Trinajstić information content (AvgIpc) is 2.80. The summed E-state index contributed by atoms with van der Waals surface area (Å²) in [6, 6.07) is 0.470. The maximum absolute atomic E-state index is 5.97. The van der Waals surface area contributed by atoms with Gasteiger partial charge in [-0.25, -0.2) is 4.98 Å². The zero-order valence-electron chi connectivity index (χ0n) is 10.2. The van der Waals surface area contributed by atoms with Crippen molar-refractivity contribution in [3.63, 3.8) is 0 Å². The van der Waals surface area contributed by atoms with Crippen LogP contribution in [0.25, 0.3) is 0 Å². The van der Waals surface area contributed by atoms with Crippen LogP contribution in [0.5, 0.6) is 0 Å². The van der Waals surface area contributed by atoms with Crippen molar-refractivity contribution < 1.29 is 0 Å². The lowest BCUT2D eigenvalue weighted by atomic mass is 9.83. The Bertz CT molecular complexity index is 313. The van der Waals surface area contributed by atoms with E-state index in [9.17, 15) is 0 Å². The standard InChI is InChI=1S/C13H23N3/c1-2-12-9-15-10-16(12)13(8-14)11-6-4-3-5-7-11/h9-11,13H,2-8,14H2,1H3. The normalized spacial score (nSPS) is 19.9. The molecule has 1 aromatic rings. The van der Waals surface area contributed by atoms with Crippen LogP contribution in [0.1, 0.15) is 50.8 Å². The van der Waals surface area contributed by atoms with Crippen LogP contribution in [0, 0.1) is 5.92 Å². The van der Waals surface area contributed by atoms with E-state index in [1.165, 1.54) is 37.8 Å². The Balaban J connectivity index is 2.14. The predicted octanol–water partition coefficient (Wildman–Crippen LogP) is 2.53. The lowest BCUT2D eigenvalue weighted by molar-refractivity contribution is 0.250. The number of rotatable bonds is 4. The monoisotopic (exact) mass is 221 g/mol. The Labute approximate surface area is 98.1 Å². The van der Waals surface area contributed by atoms with Crippen molar-refractivity contribution in [1.82, 2.24) is 9.55 Å². The van der Waals surface area contributed by atoms with Crippen molar-refractivity contribution >= 4 is 0 Å². The van der Waals surface area contributed by atoms with Crippen LogP contribution in [0.4, 0.5) is 0 Å². The fourth-order valence-corrected chi connectivity index (χ4v) is 2.96. The van der Waals surface area contributed by atoms with Crippen LogP contribution in [-0.4, -0.2) is 16.1 Å². The van der Waals surface area contributed by atoms with Crippen molar-refractivity contribution in [2.24, 2.45) is 11.7 Å². The Morgan fingerprint density at radius 2 is 2.19 bits per heavy atom. The van der Waals surface area contributed by atoms with Crippen molar-refractivity contribution in [2.45, 2.75) is 51.5 Å². The van der Waals surface area contributed by atoms with E-state index in [-0.39, 0.29) is 0 Å². The van der Waals surface area contributed by atoms with Gasteiger partial charge in [0.1, 0.15) is 0 Å². The quantitative estimate of drug-likeness (QED) is 0.849. The lowest BCUT2D eigenvalue weighted by Crippen LogP contribution is -2.29. The smallest absolute Gasteiger partial charge is 0.0951 e. The Morgan fingerprint density at radius 1 is 1.44 bits per heavy atom. The summed E-state index contributed by atoms with van der Waals surface area (Å²) in [6.45, 7) is 2.93. The molecule has 1 atom stereocenters. The first-order valence-electron chi connectivity index (χ1n) is 6.57. The fraction of sp³-hybridized carbons (Fsp3) is 0.769. The second-order valence-corrected chi connectivity index (χ2v) is 4.85. The van der Waals surface area contributed by atoms with Gasteiger partial charge in [-0.2, -0.15) is 0 Å². The van der Waals surface area contributed by atoms with Gasteiger partial charge in [-0.05, 0) is 25.2 Å². The molecule has 90 valence electrons. The topological polar surface area (TPSA) is 43.8 Å². The molecule has 2 N–H and O–H groups in total. The van der Waals surface area contributed by atoms with Gasteiger partial charge in [0.05, 0.1) is 6.33 Å². The van der Waals surface area contributed by atoms with Crippen LogP contribution >= 0.6 is 0 Å². The molecule has 0 aliphatic heterocycles. The summed E-state index contributed by atoms with van der Waals surface area (Å²) in [5, 5.41) is 0. The molecule has 0 aromatic carbocycles. The highest BCUT2D eigenvalue weighted by Crippen LogP contribution is 2.32. The van der Waals surface area contributed by atoms with E-state index in [2.05, 4.69) is 16.5 Å². The van der Waals surface area contributed by atoms with Crippen LogP contribution in [-0.2, 0) is 6.42 Å². The molecule has 1 heterocycles. The average molecular weight is 221 g/mol. The van der Waals surface area contributed by atoms with Crippen molar-refractivity contribution in [3.05, 3.63) is 18.2 Å². The summed E-state index contributed by atoms with van der Waals surface area (Å²) in [5.74, 6) is 0.762. The second-order valence-electron chi connectivity index (χ2n) is 4.85. The third-order valence-corrected chi connectivity index (χ3v) is 3.90. The molecule has 1 fully saturated rings. The number of hydrogen-bond donors (Lipinski definition) is 1. The lowest BCUT2D eigenvalue weighted by Gasteiger charge is -2.31. The first-order chi connectivity index (χ1) is 7.86. The molecule has 0 amide bonds. The van der Waals surface area contributed by atoms with E-state index >= 15 is 0 Å². The van der Waals surface area contributed by atoms with Gasteiger partial charge in [0.15, 0.2) is 0 Å². The van der Waals surface area contributed by atoms with E-state index in [4.69, 9.17) is 5.73 Å². The van der Waals surface area contributed by atoms with Crippen LogP contribution < -0.4 is 5.73 Å². The van der Waals surface area contributed by atoms with Gasteiger partial charge in [0, 0.05) is 24.5 Å². The summed E-state index contributed by atoms with van der Waals surface area (Å²) in [5.41, 5.74) is 7.29. The van der Waals surface area contributed by atoms with Gasteiger partial charge in [-0.3, -0.25) is 0 Å². The summed E-state index contributed by atoms with van der Waals surface area (Å²) in [6.07, 6.45) is 11.8. The third-order valence-electron chi connectivity index (χ3n) is 3.90. The maximum Gasteiger partial charge on any atom is 0.0951 e. The summed E-state index contributed by atoms with van der Waals surface area (Å²) in [7, 11) is 0. The van der Waals surface area contributed by atoms with E-state index in [0.717, 1.165) is 18.9 Å². The third kappa shape index (κ3) is 2.29. The minimum Gasteiger partial charge on any atom is -0.330 e. The zero-order chi connectivity index (χ0) is 11.4. The first kappa shape index (κ1) is 11.6. The first-order valence-corrected chi connectivity index (χ1v) is 6.57. The number of aromatic nitrogens is 2. The molecule has 16 heavy (non-hydrogen) atoms. The van der Waals surface area contributed by atoms with E-state index in [1.54, 1.807) is 0 Å². The van der Waals surface area contributed by atoms with Gasteiger partial charge in [-0.1, -0.05) is 26.2 Å². The molecule has 0 spiro atoms. The highest BCUT2D eigenvalue weighted by molar-refractivity contribution is 5.01. The maximum atomic E-state index is 5.97. The van der Waals surface area contributed by atoms with E-state index < -0.39 is 0 Å². The van der Waals surface area contributed by atoms with Crippen LogP contribution in [0.2, 0.25) is 0 Å². The van der Waals surface area contributed by atoms with Crippen LogP contribution in [0.3, 0.4) is 0 Å². The number of nitrogens with two attached hydrogens (primary N) is 1. The van der Waals surface area contributed by atoms with E-state index in [0.29, 0.717) is 6.04 Å². The Hall–Kier alpha value is -0.830. The highest BCUT2D eigenvalue weighted by atomic mass is 15.1. The van der Waals surface area contributed by atoms with Gasteiger partial charge < -0.3 is 10.3 Å². The minimum absolute atomic E-state index is 0.470. The molecule has 2 rings (SSSR count). The van der Waals surface area contributed by atoms with Gasteiger partial charge in [-0.15, -0.1) is 0 Å². The molecular weight excluding hydrogens is 198 g/mol. The molecule has 1 aliphatic rings. The molecule has 3 heteroatoms. The number of aryl methyl sites for hydroxylation is 1. The molecule has 0 saturated heterocycles. The predicted molar refractivity (Wildman–Crippen MR) is 66.3 cm³/mol.